The number of nitrogens with zero attached hydrogens (tertiary/aromatic N) is 3. The van der Waals surface area contributed by atoms with Crippen LogP contribution in [0.5, 0.6) is 0 Å². The molecular weight excluding hydrogens is 278 g/mol. The third kappa shape index (κ3) is 3.53. The van der Waals surface area contributed by atoms with Crippen molar-refractivity contribution in [2.45, 2.75) is 24.7 Å². The summed E-state index contributed by atoms with van der Waals surface area (Å²) in [7, 11) is 0. The molecule has 1 saturated heterocycles. The third-order valence-corrected chi connectivity index (χ3v) is 5.28. The molecule has 1 aliphatic heterocycles. The Bertz CT molecular complexity index is 525. The molecule has 2 aliphatic rings. The zero-order chi connectivity index (χ0) is 14.7. The normalized spacial score (nSPS) is 19.5. The van der Waals surface area contributed by atoms with E-state index >= 15 is 0 Å². The quantitative estimate of drug-likeness (QED) is 0.781. The monoisotopic (exact) mass is 301 g/mol. The molecule has 21 heavy (non-hydrogen) atoms. The fraction of sp³-hybridized carbons (Fsp3) is 0.588. The summed E-state index contributed by atoms with van der Waals surface area (Å²) in [5.74, 6) is 1.98. The van der Waals surface area contributed by atoms with Gasteiger partial charge >= 0.3 is 0 Å². The minimum Gasteiger partial charge on any atom is -0.368 e. The molecule has 2 fully saturated rings. The number of anilines is 1. The molecular formula is C17H23N3S. The van der Waals surface area contributed by atoms with E-state index in [2.05, 4.69) is 41.0 Å². The average Bonchev–Trinajstić information content (AvgIpc) is 3.32. The molecule has 0 bridgehead atoms. The highest BCUT2D eigenvalue weighted by Gasteiger charge is 2.27. The molecule has 3 nitrogen and oxygen atoms in total. The van der Waals surface area contributed by atoms with E-state index in [0.29, 0.717) is 0 Å². The maximum Gasteiger partial charge on any atom is 0.103 e. The lowest BCUT2D eigenvalue weighted by Gasteiger charge is -2.36. The Balaban J connectivity index is 1.69. The molecule has 0 N–H and O–H groups in total. The van der Waals surface area contributed by atoms with Crippen LogP contribution in [0.1, 0.15) is 25.3 Å². The van der Waals surface area contributed by atoms with Gasteiger partial charge in [0.2, 0.25) is 0 Å². The van der Waals surface area contributed by atoms with Gasteiger partial charge in [0, 0.05) is 37.6 Å². The molecule has 1 aromatic carbocycles. The van der Waals surface area contributed by atoms with E-state index in [1.54, 1.807) is 11.8 Å². The van der Waals surface area contributed by atoms with Crippen molar-refractivity contribution in [2.75, 3.05) is 43.4 Å². The van der Waals surface area contributed by atoms with Crippen molar-refractivity contribution in [3.05, 3.63) is 23.8 Å². The van der Waals surface area contributed by atoms with E-state index in [-0.39, 0.29) is 0 Å². The lowest BCUT2D eigenvalue weighted by molar-refractivity contribution is 0.248. The van der Waals surface area contributed by atoms with E-state index in [0.717, 1.165) is 54.0 Å². The van der Waals surface area contributed by atoms with Crippen molar-refractivity contribution in [1.29, 1.82) is 5.26 Å². The first kappa shape index (κ1) is 14.7. The van der Waals surface area contributed by atoms with Crippen LogP contribution in [-0.4, -0.2) is 43.4 Å². The first-order valence-electron chi connectivity index (χ1n) is 7.95. The lowest BCUT2D eigenvalue weighted by Crippen LogP contribution is -2.47. The van der Waals surface area contributed by atoms with Gasteiger partial charge in [0.1, 0.15) is 6.07 Å². The molecule has 1 aliphatic carbocycles. The van der Waals surface area contributed by atoms with E-state index in [1.165, 1.54) is 19.4 Å². The number of hydrogen-bond acceptors (Lipinski definition) is 4. The minimum absolute atomic E-state index is 0.861. The number of nitriles is 1. The zero-order valence-corrected chi connectivity index (χ0v) is 13.5. The number of rotatable bonds is 5. The van der Waals surface area contributed by atoms with Crippen LogP contribution in [-0.2, 0) is 0 Å². The summed E-state index contributed by atoms with van der Waals surface area (Å²) >= 11 is 1.76. The van der Waals surface area contributed by atoms with Gasteiger partial charge in [-0.3, -0.25) is 4.90 Å². The Hall–Kier alpha value is -1.18. The molecule has 1 heterocycles. The second-order valence-electron chi connectivity index (χ2n) is 5.93. The molecule has 3 rings (SSSR count). The predicted octanol–water partition coefficient (Wildman–Crippen LogP) is 3.20. The average molecular weight is 301 g/mol. The molecule has 4 heteroatoms. The van der Waals surface area contributed by atoms with Crippen LogP contribution in [0.15, 0.2) is 23.1 Å². The van der Waals surface area contributed by atoms with Crippen molar-refractivity contribution >= 4 is 17.4 Å². The van der Waals surface area contributed by atoms with Gasteiger partial charge in [0.15, 0.2) is 0 Å². The summed E-state index contributed by atoms with van der Waals surface area (Å²) in [4.78, 5) is 6.10. The van der Waals surface area contributed by atoms with Crippen molar-refractivity contribution in [3.63, 3.8) is 0 Å². The van der Waals surface area contributed by atoms with Gasteiger partial charge in [-0.2, -0.15) is 5.26 Å². The molecule has 112 valence electrons. The van der Waals surface area contributed by atoms with E-state index in [1.807, 2.05) is 0 Å². The van der Waals surface area contributed by atoms with Crippen LogP contribution in [0, 0.1) is 17.2 Å². The van der Waals surface area contributed by atoms with Crippen LogP contribution in [0.25, 0.3) is 0 Å². The number of piperazine rings is 1. The van der Waals surface area contributed by atoms with Crippen molar-refractivity contribution in [3.8, 4) is 6.07 Å². The van der Waals surface area contributed by atoms with E-state index < -0.39 is 0 Å². The fourth-order valence-electron chi connectivity index (χ4n) is 3.01. The molecule has 0 amide bonds. The molecule has 0 atom stereocenters. The zero-order valence-electron chi connectivity index (χ0n) is 12.7. The Kier molecular flexibility index (Phi) is 4.72. The fourth-order valence-corrected chi connectivity index (χ4v) is 3.79. The first-order valence-corrected chi connectivity index (χ1v) is 8.93. The summed E-state index contributed by atoms with van der Waals surface area (Å²) in [6, 6.07) is 8.69. The summed E-state index contributed by atoms with van der Waals surface area (Å²) in [6.07, 6.45) is 2.85. The first-order chi connectivity index (χ1) is 10.3. The van der Waals surface area contributed by atoms with Crippen molar-refractivity contribution in [1.82, 2.24) is 4.90 Å². The highest BCUT2D eigenvalue weighted by atomic mass is 32.2. The van der Waals surface area contributed by atoms with Gasteiger partial charge in [-0.05, 0) is 36.6 Å². The maximum atomic E-state index is 9.54. The topological polar surface area (TPSA) is 30.3 Å². The highest BCUT2D eigenvalue weighted by molar-refractivity contribution is 7.99. The van der Waals surface area contributed by atoms with Crippen LogP contribution in [0.3, 0.4) is 0 Å². The van der Waals surface area contributed by atoms with Gasteiger partial charge in [-0.15, -0.1) is 11.8 Å². The molecule has 1 saturated carbocycles. The SMILES string of the molecule is CCSc1cccc(N2CCN(CC3CC3)CC2)c1C#N. The number of thioether (sulfide) groups is 1. The second-order valence-corrected chi connectivity index (χ2v) is 7.23. The van der Waals surface area contributed by atoms with Crippen molar-refractivity contribution in [2.24, 2.45) is 5.92 Å². The Morgan fingerprint density at radius 3 is 2.62 bits per heavy atom. The van der Waals surface area contributed by atoms with Gasteiger partial charge < -0.3 is 4.90 Å². The minimum atomic E-state index is 0.861. The standard InChI is InChI=1S/C17H23N3S/c1-2-21-17-5-3-4-16(15(17)12-18)20-10-8-19(9-11-20)13-14-6-7-14/h3-5,14H,2,6-11,13H2,1H3. The molecule has 0 unspecified atom stereocenters. The molecule has 1 aromatic rings. The second kappa shape index (κ2) is 6.72. The van der Waals surface area contributed by atoms with Gasteiger partial charge in [0.25, 0.3) is 0 Å². The lowest BCUT2D eigenvalue weighted by atomic mass is 10.1. The van der Waals surface area contributed by atoms with E-state index in [9.17, 15) is 5.26 Å². The van der Waals surface area contributed by atoms with Crippen LogP contribution in [0.4, 0.5) is 5.69 Å². The number of benzene rings is 1. The van der Waals surface area contributed by atoms with Crippen LogP contribution in [0.2, 0.25) is 0 Å². The Morgan fingerprint density at radius 1 is 1.24 bits per heavy atom. The van der Waals surface area contributed by atoms with Gasteiger partial charge in [-0.25, -0.2) is 0 Å². The van der Waals surface area contributed by atoms with E-state index in [4.69, 9.17) is 0 Å². The Labute approximate surface area is 131 Å². The molecule has 0 spiro atoms. The molecule has 0 radical (unpaired) electrons. The Morgan fingerprint density at radius 2 is 2.00 bits per heavy atom. The summed E-state index contributed by atoms with van der Waals surface area (Å²) in [6.45, 7) is 7.77. The largest absolute Gasteiger partial charge is 0.368 e. The highest BCUT2D eigenvalue weighted by Crippen LogP contribution is 2.32. The van der Waals surface area contributed by atoms with Gasteiger partial charge in [-0.1, -0.05) is 13.0 Å². The summed E-state index contributed by atoms with van der Waals surface area (Å²) < 4.78 is 0. The smallest absolute Gasteiger partial charge is 0.103 e. The summed E-state index contributed by atoms with van der Waals surface area (Å²) in [5, 5.41) is 9.54. The third-order valence-electron chi connectivity index (χ3n) is 4.34. The molecule has 0 aromatic heterocycles. The van der Waals surface area contributed by atoms with Crippen LogP contribution < -0.4 is 4.90 Å². The van der Waals surface area contributed by atoms with Gasteiger partial charge in [0.05, 0.1) is 11.3 Å². The number of hydrogen-bond donors (Lipinski definition) is 0. The van der Waals surface area contributed by atoms with Crippen LogP contribution >= 0.6 is 11.8 Å². The van der Waals surface area contributed by atoms with Crippen molar-refractivity contribution < 1.29 is 0 Å². The summed E-state index contributed by atoms with van der Waals surface area (Å²) in [5.41, 5.74) is 1.99. The predicted molar refractivity (Wildman–Crippen MR) is 88.9 cm³/mol. The maximum absolute atomic E-state index is 9.54.